The number of ether oxygens (including phenoxy) is 1. The van der Waals surface area contributed by atoms with Crippen LogP contribution in [0.4, 0.5) is 0 Å². The Morgan fingerprint density at radius 3 is 2.71 bits per heavy atom. The predicted molar refractivity (Wildman–Crippen MR) is 71.7 cm³/mol. The molecule has 0 radical (unpaired) electrons. The molecule has 0 spiro atoms. The number of halogens is 1. The van der Waals surface area contributed by atoms with Crippen molar-refractivity contribution in [3.8, 4) is 0 Å². The summed E-state index contributed by atoms with van der Waals surface area (Å²) in [6, 6.07) is 8.20. The second kappa shape index (κ2) is 5.38. The molecule has 1 saturated heterocycles. The van der Waals surface area contributed by atoms with Crippen LogP contribution in [0.3, 0.4) is 0 Å². The number of benzene rings is 1. The third-order valence-electron chi connectivity index (χ3n) is 3.40. The van der Waals surface area contributed by atoms with Crippen molar-refractivity contribution in [3.05, 3.63) is 34.9 Å². The van der Waals surface area contributed by atoms with Crippen LogP contribution in [0.5, 0.6) is 0 Å². The largest absolute Gasteiger partial charge is 0.379 e. The molecule has 0 amide bonds. The minimum absolute atomic E-state index is 0.222. The molecule has 1 aliphatic rings. The van der Waals surface area contributed by atoms with E-state index < -0.39 is 0 Å². The van der Waals surface area contributed by atoms with E-state index in [0.717, 1.165) is 31.1 Å². The Balaban J connectivity index is 2.04. The van der Waals surface area contributed by atoms with Crippen LogP contribution in [0.25, 0.3) is 0 Å². The Kier molecular flexibility index (Phi) is 4.08. The normalized spacial score (nSPS) is 18.1. The summed E-state index contributed by atoms with van der Waals surface area (Å²) in [5, 5.41) is 4.18. The molecular formula is C14H20ClNO. The van der Waals surface area contributed by atoms with E-state index in [1.54, 1.807) is 0 Å². The Morgan fingerprint density at radius 1 is 1.41 bits per heavy atom. The zero-order valence-electron chi connectivity index (χ0n) is 10.5. The smallest absolute Gasteiger partial charge is 0.0518 e. The van der Waals surface area contributed by atoms with E-state index in [1.807, 2.05) is 12.1 Å². The molecule has 1 aromatic carbocycles. The van der Waals surface area contributed by atoms with Crippen molar-refractivity contribution in [1.82, 2.24) is 5.32 Å². The maximum Gasteiger partial charge on any atom is 0.0518 e. The van der Waals surface area contributed by atoms with Crippen LogP contribution < -0.4 is 5.32 Å². The Morgan fingerprint density at radius 2 is 2.18 bits per heavy atom. The zero-order valence-corrected chi connectivity index (χ0v) is 11.3. The summed E-state index contributed by atoms with van der Waals surface area (Å²) >= 11 is 6.06. The van der Waals surface area contributed by atoms with Crippen LogP contribution in [-0.4, -0.2) is 25.8 Å². The second-order valence-corrected chi connectivity index (χ2v) is 5.50. The quantitative estimate of drug-likeness (QED) is 0.871. The molecule has 17 heavy (non-hydrogen) atoms. The molecule has 0 saturated carbocycles. The van der Waals surface area contributed by atoms with Gasteiger partial charge >= 0.3 is 0 Å². The summed E-state index contributed by atoms with van der Waals surface area (Å²) < 4.78 is 5.66. The number of nitrogens with one attached hydrogen (secondary N) is 1. The molecule has 0 unspecified atom stereocenters. The van der Waals surface area contributed by atoms with Crippen LogP contribution >= 0.6 is 11.6 Å². The first-order chi connectivity index (χ1) is 8.12. The van der Waals surface area contributed by atoms with Gasteiger partial charge in [-0.15, -0.1) is 0 Å². The van der Waals surface area contributed by atoms with Crippen molar-refractivity contribution >= 4 is 11.6 Å². The Bertz CT molecular complexity index is 374. The number of hydrogen-bond donors (Lipinski definition) is 1. The van der Waals surface area contributed by atoms with Crippen LogP contribution in [0.15, 0.2) is 24.3 Å². The highest BCUT2D eigenvalue weighted by Gasteiger charge is 2.38. The van der Waals surface area contributed by atoms with Crippen LogP contribution in [-0.2, 0) is 10.2 Å². The molecule has 1 aromatic rings. The average molecular weight is 254 g/mol. The van der Waals surface area contributed by atoms with Crippen LogP contribution in [0.1, 0.15) is 25.8 Å². The minimum Gasteiger partial charge on any atom is -0.379 e. The molecule has 2 nitrogen and oxygen atoms in total. The Hall–Kier alpha value is -0.570. The topological polar surface area (TPSA) is 21.3 Å². The first kappa shape index (κ1) is 12.9. The van der Waals surface area contributed by atoms with Crippen molar-refractivity contribution in [3.63, 3.8) is 0 Å². The fourth-order valence-electron chi connectivity index (χ4n) is 2.26. The molecule has 1 aliphatic heterocycles. The van der Waals surface area contributed by atoms with Gasteiger partial charge in [-0.1, -0.05) is 23.7 Å². The summed E-state index contributed by atoms with van der Waals surface area (Å²) in [6.07, 6.45) is 1.36. The second-order valence-electron chi connectivity index (χ2n) is 5.06. The summed E-state index contributed by atoms with van der Waals surface area (Å²) in [5.74, 6) is 0. The maximum absolute atomic E-state index is 6.06. The van der Waals surface area contributed by atoms with Gasteiger partial charge in [0.15, 0.2) is 0 Å². The fraction of sp³-hybridized carbons (Fsp3) is 0.571. The van der Waals surface area contributed by atoms with Gasteiger partial charge in [-0.2, -0.15) is 0 Å². The van der Waals surface area contributed by atoms with Crippen LogP contribution in [0.2, 0.25) is 5.02 Å². The van der Waals surface area contributed by atoms with Crippen LogP contribution in [0, 0.1) is 0 Å². The van der Waals surface area contributed by atoms with E-state index in [9.17, 15) is 0 Å². The molecule has 2 rings (SSSR count). The highest BCUT2D eigenvalue weighted by molar-refractivity contribution is 6.30. The van der Waals surface area contributed by atoms with Gasteiger partial charge in [0, 0.05) is 30.1 Å². The van der Waals surface area contributed by atoms with Gasteiger partial charge in [0.05, 0.1) is 6.10 Å². The average Bonchev–Trinajstić information content (AvgIpc) is 2.21. The van der Waals surface area contributed by atoms with Gasteiger partial charge in [0.25, 0.3) is 0 Å². The van der Waals surface area contributed by atoms with Crippen molar-refractivity contribution in [2.75, 3.05) is 19.7 Å². The van der Waals surface area contributed by atoms with E-state index in [4.69, 9.17) is 16.3 Å². The van der Waals surface area contributed by atoms with E-state index in [2.05, 4.69) is 31.3 Å². The Labute approximate surface area is 108 Å². The summed E-state index contributed by atoms with van der Waals surface area (Å²) in [5.41, 5.74) is 1.55. The highest BCUT2D eigenvalue weighted by atomic mass is 35.5. The lowest BCUT2D eigenvalue weighted by Crippen LogP contribution is -2.57. The molecule has 1 fully saturated rings. The third kappa shape index (κ3) is 3.01. The van der Waals surface area contributed by atoms with Gasteiger partial charge in [-0.3, -0.25) is 0 Å². The highest BCUT2D eigenvalue weighted by Crippen LogP contribution is 2.33. The van der Waals surface area contributed by atoms with E-state index in [-0.39, 0.29) is 5.41 Å². The van der Waals surface area contributed by atoms with Gasteiger partial charge in [0.1, 0.15) is 0 Å². The van der Waals surface area contributed by atoms with E-state index >= 15 is 0 Å². The molecule has 1 heterocycles. The molecule has 94 valence electrons. The zero-order chi connectivity index (χ0) is 12.3. The lowest BCUT2D eigenvalue weighted by atomic mass is 9.73. The molecule has 1 N–H and O–H groups in total. The molecule has 3 heteroatoms. The number of rotatable bonds is 5. The van der Waals surface area contributed by atoms with Gasteiger partial charge < -0.3 is 10.1 Å². The molecule has 0 aromatic heterocycles. The molecule has 0 atom stereocenters. The summed E-state index contributed by atoms with van der Waals surface area (Å²) in [4.78, 5) is 0. The monoisotopic (exact) mass is 253 g/mol. The van der Waals surface area contributed by atoms with Gasteiger partial charge in [0.2, 0.25) is 0 Å². The van der Waals surface area contributed by atoms with E-state index in [1.165, 1.54) is 5.56 Å². The lowest BCUT2D eigenvalue weighted by Gasteiger charge is -2.43. The summed E-state index contributed by atoms with van der Waals surface area (Å²) in [7, 11) is 0. The van der Waals surface area contributed by atoms with Crippen molar-refractivity contribution in [2.45, 2.75) is 31.8 Å². The lowest BCUT2D eigenvalue weighted by molar-refractivity contribution is 0.0556. The van der Waals surface area contributed by atoms with Crippen molar-refractivity contribution in [1.29, 1.82) is 0 Å². The molecular weight excluding hydrogens is 234 g/mol. The third-order valence-corrected chi connectivity index (χ3v) is 3.63. The standard InChI is InChI=1S/C14H20ClNO/c1-11(2)17-7-6-14(9-16-10-14)12-4-3-5-13(15)8-12/h3-5,8,11,16H,6-7,9-10H2,1-2H3. The SMILES string of the molecule is CC(C)OCCC1(c2cccc(Cl)c2)CNC1. The van der Waals surface area contributed by atoms with E-state index in [0.29, 0.717) is 6.10 Å². The van der Waals surface area contributed by atoms with Crippen molar-refractivity contribution < 1.29 is 4.74 Å². The maximum atomic E-state index is 6.06. The fourth-order valence-corrected chi connectivity index (χ4v) is 2.45. The molecule has 0 bridgehead atoms. The van der Waals surface area contributed by atoms with Crippen molar-refractivity contribution in [2.24, 2.45) is 0 Å². The summed E-state index contributed by atoms with van der Waals surface area (Å²) in [6.45, 7) is 7.01. The number of hydrogen-bond acceptors (Lipinski definition) is 2. The first-order valence-electron chi connectivity index (χ1n) is 6.21. The molecule has 0 aliphatic carbocycles. The van der Waals surface area contributed by atoms with Gasteiger partial charge in [-0.05, 0) is 38.0 Å². The van der Waals surface area contributed by atoms with Gasteiger partial charge in [-0.25, -0.2) is 0 Å². The minimum atomic E-state index is 0.222. The first-order valence-corrected chi connectivity index (χ1v) is 6.59. The predicted octanol–water partition coefficient (Wildman–Crippen LogP) is 3.00.